The second kappa shape index (κ2) is 6.52. The molecule has 5 heteroatoms. The molecule has 2 rings (SSSR count). The first-order valence-electron chi connectivity index (χ1n) is 5.52. The summed E-state index contributed by atoms with van der Waals surface area (Å²) in [5.41, 5.74) is 6.23. The zero-order chi connectivity index (χ0) is 12.3. The lowest BCUT2D eigenvalue weighted by atomic mass is 10.3. The van der Waals surface area contributed by atoms with Gasteiger partial charge >= 0.3 is 0 Å². The van der Waals surface area contributed by atoms with Crippen LogP contribution in [0.2, 0.25) is 0 Å². The third kappa shape index (κ3) is 3.55. The van der Waals surface area contributed by atoms with E-state index in [0.29, 0.717) is 0 Å². The fourth-order valence-corrected chi connectivity index (χ4v) is 2.54. The number of nitrogens with one attached hydrogen (secondary N) is 2. The topological polar surface area (TPSA) is 38.5 Å². The number of benzene rings is 1. The summed E-state index contributed by atoms with van der Waals surface area (Å²) in [6, 6.07) is 9.96. The summed E-state index contributed by atoms with van der Waals surface area (Å²) in [6.07, 6.45) is 0. The van der Waals surface area contributed by atoms with Crippen LogP contribution in [0.3, 0.4) is 0 Å². The summed E-state index contributed by atoms with van der Waals surface area (Å²) < 4.78 is 0. The van der Waals surface area contributed by atoms with Crippen LogP contribution in [0.1, 0.15) is 22.5 Å². The highest BCUT2D eigenvalue weighted by Gasteiger charge is 2.13. The van der Waals surface area contributed by atoms with E-state index < -0.39 is 0 Å². The van der Waals surface area contributed by atoms with Gasteiger partial charge in [0.15, 0.2) is 5.69 Å². The fourth-order valence-electron chi connectivity index (χ4n) is 1.63. The summed E-state index contributed by atoms with van der Waals surface area (Å²) >= 11 is 1.73. The molecule has 0 amide bonds. The molecule has 0 saturated heterocycles. The number of rotatable bonds is 3. The molecule has 0 saturated carbocycles. The van der Waals surface area contributed by atoms with Crippen molar-refractivity contribution in [1.82, 2.24) is 0 Å². The lowest BCUT2D eigenvalue weighted by Crippen LogP contribution is -3.00. The van der Waals surface area contributed by atoms with Gasteiger partial charge < -0.3 is 12.4 Å². The molecule has 0 fully saturated rings. The molecule has 3 nitrogen and oxygen atoms in total. The number of aromatic amines is 1. The molecule has 1 aromatic carbocycles. The van der Waals surface area contributed by atoms with Crippen LogP contribution in [-0.4, -0.2) is 5.71 Å². The Hall–Kier alpha value is -1.39. The molecule has 0 atom stereocenters. The van der Waals surface area contributed by atoms with Crippen LogP contribution in [0.5, 0.6) is 0 Å². The standard InChI is InChI=1S/C13H15N3S.ClH/c1-9-13(17-11(3)14-9)10(2)15-16-12-7-5-4-6-8-12;/h4-8,16H,1-3H3;1H. The normalized spacial score (nSPS) is 10.9. The Kier molecular flexibility index (Phi) is 5.31. The first-order valence-corrected chi connectivity index (χ1v) is 6.33. The van der Waals surface area contributed by atoms with Crippen LogP contribution in [0, 0.1) is 13.8 Å². The largest absolute Gasteiger partial charge is 1.00 e. The van der Waals surface area contributed by atoms with E-state index >= 15 is 0 Å². The van der Waals surface area contributed by atoms with Crippen molar-refractivity contribution in [2.24, 2.45) is 5.10 Å². The van der Waals surface area contributed by atoms with Crippen molar-refractivity contribution in [3.05, 3.63) is 45.9 Å². The van der Waals surface area contributed by atoms with E-state index in [-0.39, 0.29) is 12.4 Å². The van der Waals surface area contributed by atoms with Crippen LogP contribution in [0.4, 0.5) is 5.69 Å². The average molecular weight is 282 g/mol. The van der Waals surface area contributed by atoms with Crippen LogP contribution in [0.25, 0.3) is 0 Å². The van der Waals surface area contributed by atoms with E-state index in [9.17, 15) is 0 Å². The van der Waals surface area contributed by atoms with Crippen molar-refractivity contribution in [3.63, 3.8) is 0 Å². The number of hydrogen-bond donors (Lipinski definition) is 1. The SMILES string of the molecule is CC(=NNc1ccccc1)c1sc(C)[nH+]c1C.[Cl-]. The second-order valence-corrected chi connectivity index (χ2v) is 5.14. The molecule has 0 unspecified atom stereocenters. The van der Waals surface area contributed by atoms with Crippen LogP contribution in [0.15, 0.2) is 35.4 Å². The predicted octanol–water partition coefficient (Wildman–Crippen LogP) is 0.0191. The van der Waals surface area contributed by atoms with Gasteiger partial charge in [0.2, 0.25) is 5.01 Å². The molecular weight excluding hydrogens is 266 g/mol. The smallest absolute Gasteiger partial charge is 0.233 e. The van der Waals surface area contributed by atoms with E-state index in [1.165, 1.54) is 15.6 Å². The zero-order valence-corrected chi connectivity index (χ0v) is 12.2. The van der Waals surface area contributed by atoms with E-state index in [0.717, 1.165) is 11.4 Å². The highest BCUT2D eigenvalue weighted by molar-refractivity contribution is 7.13. The van der Waals surface area contributed by atoms with Gasteiger partial charge in [-0.25, -0.2) is 4.98 Å². The Balaban J connectivity index is 0.00000162. The number of halogens is 1. The molecule has 18 heavy (non-hydrogen) atoms. The molecule has 0 bridgehead atoms. The number of aryl methyl sites for hydroxylation is 2. The molecule has 1 aromatic heterocycles. The van der Waals surface area contributed by atoms with Gasteiger partial charge in [0.05, 0.1) is 11.4 Å². The van der Waals surface area contributed by atoms with Gasteiger partial charge in [0.1, 0.15) is 4.88 Å². The van der Waals surface area contributed by atoms with Crippen LogP contribution < -0.4 is 22.8 Å². The number of anilines is 1. The van der Waals surface area contributed by atoms with Crippen LogP contribution >= 0.6 is 11.3 Å². The lowest BCUT2D eigenvalue weighted by Gasteiger charge is -2.00. The highest BCUT2D eigenvalue weighted by atomic mass is 35.5. The Morgan fingerprint density at radius 2 is 1.89 bits per heavy atom. The molecule has 0 aliphatic rings. The van der Waals surface area contributed by atoms with Gasteiger partial charge in [-0.2, -0.15) is 5.10 Å². The number of hydrogen-bond acceptors (Lipinski definition) is 3. The van der Waals surface area contributed by atoms with Gasteiger partial charge in [-0.05, 0) is 19.1 Å². The number of aromatic nitrogens is 1. The van der Waals surface area contributed by atoms with Crippen LogP contribution in [-0.2, 0) is 0 Å². The number of H-pyrrole nitrogens is 1. The van der Waals surface area contributed by atoms with Gasteiger partial charge in [0.25, 0.3) is 0 Å². The Morgan fingerprint density at radius 3 is 2.44 bits per heavy atom. The Morgan fingerprint density at radius 1 is 1.22 bits per heavy atom. The molecule has 96 valence electrons. The van der Waals surface area contributed by atoms with E-state index in [1.54, 1.807) is 11.3 Å². The summed E-state index contributed by atoms with van der Waals surface area (Å²) in [7, 11) is 0. The molecule has 0 aliphatic carbocycles. The third-order valence-corrected chi connectivity index (χ3v) is 3.63. The number of hydrazone groups is 1. The quantitative estimate of drug-likeness (QED) is 0.625. The van der Waals surface area contributed by atoms with Crippen molar-refractivity contribution < 1.29 is 17.4 Å². The maximum absolute atomic E-state index is 4.40. The van der Waals surface area contributed by atoms with Gasteiger partial charge in [-0.1, -0.05) is 29.5 Å². The Bertz CT molecular complexity index is 534. The minimum Gasteiger partial charge on any atom is -1.00 e. The van der Waals surface area contributed by atoms with Crippen molar-refractivity contribution in [3.8, 4) is 0 Å². The van der Waals surface area contributed by atoms with Gasteiger partial charge in [-0.15, -0.1) is 0 Å². The monoisotopic (exact) mass is 281 g/mol. The van der Waals surface area contributed by atoms with Gasteiger partial charge in [-0.3, -0.25) is 5.43 Å². The van der Waals surface area contributed by atoms with E-state index in [1.807, 2.05) is 37.3 Å². The molecular formula is C13H16ClN3S. The van der Waals surface area contributed by atoms with E-state index in [4.69, 9.17) is 0 Å². The van der Waals surface area contributed by atoms with Crippen molar-refractivity contribution in [2.75, 3.05) is 5.43 Å². The first-order chi connectivity index (χ1) is 8.16. The highest BCUT2D eigenvalue weighted by Crippen LogP contribution is 2.15. The summed E-state index contributed by atoms with van der Waals surface area (Å²) in [6.45, 7) is 6.15. The zero-order valence-electron chi connectivity index (χ0n) is 10.6. The number of nitrogens with zero attached hydrogens (tertiary/aromatic N) is 1. The third-order valence-electron chi connectivity index (χ3n) is 2.41. The van der Waals surface area contributed by atoms with Crippen molar-refractivity contribution >= 4 is 22.7 Å². The first kappa shape index (κ1) is 14.7. The second-order valence-electron chi connectivity index (χ2n) is 3.91. The van der Waals surface area contributed by atoms with Crippen molar-refractivity contribution in [2.45, 2.75) is 20.8 Å². The molecule has 0 radical (unpaired) electrons. The molecule has 0 aliphatic heterocycles. The predicted molar refractivity (Wildman–Crippen MR) is 72.6 cm³/mol. The summed E-state index contributed by atoms with van der Waals surface area (Å²) in [5.74, 6) is 0. The molecule has 1 heterocycles. The molecule has 2 aromatic rings. The van der Waals surface area contributed by atoms with Crippen molar-refractivity contribution in [1.29, 1.82) is 0 Å². The van der Waals surface area contributed by atoms with Gasteiger partial charge in [0, 0.05) is 13.8 Å². The number of para-hydroxylation sites is 1. The minimum atomic E-state index is 0. The number of thiazole rings is 1. The molecule has 0 spiro atoms. The Labute approximate surface area is 117 Å². The summed E-state index contributed by atoms with van der Waals surface area (Å²) in [4.78, 5) is 4.50. The maximum Gasteiger partial charge on any atom is 0.233 e. The van der Waals surface area contributed by atoms with E-state index in [2.05, 4.69) is 29.4 Å². The minimum absolute atomic E-state index is 0. The maximum atomic E-state index is 4.40. The molecule has 2 N–H and O–H groups in total. The lowest BCUT2D eigenvalue weighted by molar-refractivity contribution is -0.389. The fraction of sp³-hybridized carbons (Fsp3) is 0.231. The average Bonchev–Trinajstić information content (AvgIpc) is 2.67. The summed E-state index contributed by atoms with van der Waals surface area (Å²) in [5, 5.41) is 5.60.